The highest BCUT2D eigenvalue weighted by atomic mass is 16.7. The van der Waals surface area contributed by atoms with Gasteiger partial charge in [-0.1, -0.05) is 12.1 Å². The van der Waals surface area contributed by atoms with Crippen molar-refractivity contribution in [2.75, 3.05) is 14.2 Å². The minimum Gasteiger partial charge on any atom is -0.497 e. The van der Waals surface area contributed by atoms with Crippen LogP contribution < -0.4 is 4.74 Å². The second-order valence-corrected chi connectivity index (χ2v) is 3.29. The lowest BCUT2D eigenvalue weighted by Gasteiger charge is -2.13. The second kappa shape index (κ2) is 7.11. The lowest BCUT2D eigenvalue weighted by atomic mass is 10.1. The van der Waals surface area contributed by atoms with Crippen LogP contribution in [0.3, 0.4) is 0 Å². The van der Waals surface area contributed by atoms with Gasteiger partial charge in [0.1, 0.15) is 18.1 Å². The maximum absolute atomic E-state index is 11.1. The monoisotopic (exact) mass is 250 g/mol. The van der Waals surface area contributed by atoms with Crippen LogP contribution in [0.2, 0.25) is 0 Å². The largest absolute Gasteiger partial charge is 0.508 e. The van der Waals surface area contributed by atoms with Crippen molar-refractivity contribution < 1.29 is 23.8 Å². The third-order valence-electron chi connectivity index (χ3n) is 2.20. The van der Waals surface area contributed by atoms with E-state index < -0.39 is 12.3 Å². The van der Waals surface area contributed by atoms with E-state index in [1.165, 1.54) is 19.3 Å². The number of ether oxygens (including phenoxy) is 3. The number of carbonyl (C=O) groups is 2. The molecule has 1 rings (SSSR count). The lowest BCUT2D eigenvalue weighted by Crippen LogP contribution is -2.09. The summed E-state index contributed by atoms with van der Waals surface area (Å²) in [5.74, 6) is 0.690. The normalized spacial score (nSPS) is 11.9. The van der Waals surface area contributed by atoms with Crippen molar-refractivity contribution in [3.8, 4) is 5.75 Å². The van der Waals surface area contributed by atoms with Gasteiger partial charge in [-0.15, -0.1) is 0 Å². The molecule has 1 aromatic carbocycles. The van der Waals surface area contributed by atoms with E-state index >= 15 is 0 Å². The molecule has 1 unspecified atom stereocenters. The van der Waals surface area contributed by atoms with Crippen molar-refractivity contribution in [2.24, 2.45) is 0 Å². The van der Waals surface area contributed by atoms with Gasteiger partial charge in [-0.25, -0.2) is 4.79 Å². The molecule has 0 saturated heterocycles. The third-order valence-corrected chi connectivity index (χ3v) is 2.20. The molecule has 0 aromatic heterocycles. The molecule has 0 fully saturated rings. The van der Waals surface area contributed by atoms with Crippen molar-refractivity contribution in [1.82, 2.24) is 0 Å². The maximum atomic E-state index is 11.1. The summed E-state index contributed by atoms with van der Waals surface area (Å²) in [7, 11) is 2.78. The number of benzene rings is 1. The number of carbonyl (C=O) groups excluding carboxylic acids is 2. The van der Waals surface area contributed by atoms with Gasteiger partial charge >= 0.3 is 6.16 Å². The zero-order chi connectivity index (χ0) is 13.4. The van der Waals surface area contributed by atoms with Gasteiger partial charge in [-0.2, -0.15) is 0 Å². The number of hydrogen-bond acceptors (Lipinski definition) is 5. The molecule has 1 aromatic rings. The number of allylic oxidation sites excluding steroid dienone is 1. The maximum Gasteiger partial charge on any atom is 0.508 e. The smallest absolute Gasteiger partial charge is 0.497 e. The van der Waals surface area contributed by atoms with Crippen molar-refractivity contribution in [1.29, 1.82) is 0 Å². The van der Waals surface area contributed by atoms with Gasteiger partial charge in [-0.3, -0.25) is 4.79 Å². The van der Waals surface area contributed by atoms with E-state index in [9.17, 15) is 9.59 Å². The van der Waals surface area contributed by atoms with Gasteiger partial charge in [0.25, 0.3) is 0 Å². The fourth-order valence-corrected chi connectivity index (χ4v) is 1.31. The molecule has 18 heavy (non-hydrogen) atoms. The van der Waals surface area contributed by atoms with Crippen LogP contribution in [0.15, 0.2) is 36.4 Å². The Bertz CT molecular complexity index is 422. The Morgan fingerprint density at radius 1 is 1.22 bits per heavy atom. The molecule has 0 amide bonds. The standard InChI is InChI=1S/C13H14O5/c1-16-11-7-5-10(6-8-11)12(4-3-9-14)18-13(15)17-2/h3-9,12H,1-2H3/b4-3+. The zero-order valence-corrected chi connectivity index (χ0v) is 10.2. The molecule has 0 aliphatic rings. The average molecular weight is 250 g/mol. The predicted octanol–water partition coefficient (Wildman–Crippen LogP) is 2.27. The van der Waals surface area contributed by atoms with E-state index in [2.05, 4.69) is 4.74 Å². The third kappa shape index (κ3) is 3.93. The number of hydrogen-bond donors (Lipinski definition) is 0. The fraction of sp³-hybridized carbons (Fsp3) is 0.231. The van der Waals surface area contributed by atoms with Crippen molar-refractivity contribution >= 4 is 12.4 Å². The van der Waals surface area contributed by atoms with E-state index in [1.54, 1.807) is 31.4 Å². The quantitative estimate of drug-likeness (QED) is 0.455. The number of methoxy groups -OCH3 is 2. The van der Waals surface area contributed by atoms with Gasteiger partial charge in [0, 0.05) is 0 Å². The molecule has 0 saturated carbocycles. The SMILES string of the molecule is COC(=O)OC(/C=C/C=O)c1ccc(OC)cc1. The topological polar surface area (TPSA) is 61.8 Å². The first-order valence-electron chi connectivity index (χ1n) is 5.21. The van der Waals surface area contributed by atoms with Crippen LogP contribution in [-0.4, -0.2) is 26.7 Å². The van der Waals surface area contributed by atoms with Crippen LogP contribution in [0.5, 0.6) is 5.75 Å². The Kier molecular flexibility index (Phi) is 5.44. The van der Waals surface area contributed by atoms with Gasteiger partial charge in [0.2, 0.25) is 0 Å². The van der Waals surface area contributed by atoms with Crippen molar-refractivity contribution in [3.05, 3.63) is 42.0 Å². The van der Waals surface area contributed by atoms with E-state index in [1.807, 2.05) is 0 Å². The van der Waals surface area contributed by atoms with E-state index in [0.717, 1.165) is 0 Å². The molecule has 5 heteroatoms. The number of rotatable bonds is 5. The minimum atomic E-state index is -0.814. The molecular formula is C13H14O5. The molecule has 96 valence electrons. The summed E-state index contributed by atoms with van der Waals surface area (Å²) in [4.78, 5) is 21.4. The van der Waals surface area contributed by atoms with Crippen LogP contribution >= 0.6 is 0 Å². The van der Waals surface area contributed by atoms with Gasteiger partial charge in [0.05, 0.1) is 14.2 Å². The molecule has 5 nitrogen and oxygen atoms in total. The summed E-state index contributed by atoms with van der Waals surface area (Å²) in [6.07, 6.45) is 1.85. The predicted molar refractivity (Wildman–Crippen MR) is 64.4 cm³/mol. The average Bonchev–Trinajstić information content (AvgIpc) is 2.43. The molecule has 0 bridgehead atoms. The van der Waals surface area contributed by atoms with Gasteiger partial charge in [-0.05, 0) is 29.8 Å². The Labute approximate surface area is 105 Å². The summed E-state index contributed by atoms with van der Waals surface area (Å²) in [6.45, 7) is 0. The molecule has 0 spiro atoms. The summed E-state index contributed by atoms with van der Waals surface area (Å²) in [5, 5.41) is 0. The Hall–Kier alpha value is -2.30. The first-order valence-corrected chi connectivity index (χ1v) is 5.21. The Morgan fingerprint density at radius 3 is 2.39 bits per heavy atom. The molecule has 0 heterocycles. The molecule has 0 aliphatic carbocycles. The summed E-state index contributed by atoms with van der Waals surface area (Å²) < 4.78 is 14.5. The summed E-state index contributed by atoms with van der Waals surface area (Å²) in [6, 6.07) is 6.94. The number of aldehydes is 1. The van der Waals surface area contributed by atoms with Crippen LogP contribution in [-0.2, 0) is 14.3 Å². The highest BCUT2D eigenvalue weighted by Gasteiger charge is 2.14. The zero-order valence-electron chi connectivity index (χ0n) is 10.2. The minimum absolute atomic E-state index is 0.608. The van der Waals surface area contributed by atoms with Crippen LogP contribution in [0, 0.1) is 0 Å². The van der Waals surface area contributed by atoms with Gasteiger partial charge in [0.15, 0.2) is 0 Å². The van der Waals surface area contributed by atoms with Crippen LogP contribution in [0.4, 0.5) is 4.79 Å². The molecule has 0 N–H and O–H groups in total. The first kappa shape index (κ1) is 13.8. The molecule has 0 radical (unpaired) electrons. The lowest BCUT2D eigenvalue weighted by molar-refractivity contribution is -0.104. The van der Waals surface area contributed by atoms with Gasteiger partial charge < -0.3 is 14.2 Å². The molecule has 1 atom stereocenters. The van der Waals surface area contributed by atoms with Crippen molar-refractivity contribution in [2.45, 2.75) is 6.10 Å². The van der Waals surface area contributed by atoms with Crippen LogP contribution in [0.1, 0.15) is 11.7 Å². The summed E-state index contributed by atoms with van der Waals surface area (Å²) in [5.41, 5.74) is 0.708. The fourth-order valence-electron chi connectivity index (χ4n) is 1.31. The summed E-state index contributed by atoms with van der Waals surface area (Å²) >= 11 is 0. The highest BCUT2D eigenvalue weighted by molar-refractivity contribution is 5.65. The van der Waals surface area contributed by atoms with E-state index in [-0.39, 0.29) is 0 Å². The molecular weight excluding hydrogens is 236 g/mol. The van der Waals surface area contributed by atoms with Crippen molar-refractivity contribution in [3.63, 3.8) is 0 Å². The Balaban J connectivity index is 2.89. The first-order chi connectivity index (χ1) is 8.71. The second-order valence-electron chi connectivity index (χ2n) is 3.29. The van der Waals surface area contributed by atoms with Crippen LogP contribution in [0.25, 0.3) is 0 Å². The molecule has 0 aliphatic heterocycles. The van der Waals surface area contributed by atoms with E-state index in [0.29, 0.717) is 17.6 Å². The Morgan fingerprint density at radius 2 is 1.89 bits per heavy atom. The highest BCUT2D eigenvalue weighted by Crippen LogP contribution is 2.22. The van der Waals surface area contributed by atoms with E-state index in [4.69, 9.17) is 9.47 Å².